The quantitative estimate of drug-likeness (QED) is 0.560. The first kappa shape index (κ1) is 16.4. The maximum atomic E-state index is 12.8. The summed E-state index contributed by atoms with van der Waals surface area (Å²) >= 11 is 0. The zero-order valence-corrected chi connectivity index (χ0v) is 13.2. The first-order valence-corrected chi connectivity index (χ1v) is 8.56. The monoisotopic (exact) mass is 322 g/mol. The molecule has 2 aromatic rings. The lowest BCUT2D eigenvalue weighted by atomic mass is 10.3. The third-order valence-corrected chi connectivity index (χ3v) is 4.14. The number of phosphoric ester groups is 1. The van der Waals surface area contributed by atoms with E-state index in [1.165, 1.54) is 12.1 Å². The molecule has 0 saturated heterocycles. The van der Waals surface area contributed by atoms with E-state index < -0.39 is 7.82 Å². The molecule has 0 fully saturated rings. The highest BCUT2D eigenvalue weighted by Crippen LogP contribution is 2.51. The molecule has 0 heterocycles. The fourth-order valence-corrected chi connectivity index (χ4v) is 2.93. The summed E-state index contributed by atoms with van der Waals surface area (Å²) in [6.07, 6.45) is 1.62. The number of para-hydroxylation sites is 3. The number of benzene rings is 2. The second-order valence-corrected chi connectivity index (χ2v) is 6.12. The van der Waals surface area contributed by atoms with Crippen LogP contribution in [0.3, 0.4) is 0 Å². The summed E-state index contributed by atoms with van der Waals surface area (Å²) < 4.78 is 28.9. The maximum absolute atomic E-state index is 12.8. The summed E-state index contributed by atoms with van der Waals surface area (Å²) in [4.78, 5) is 0. The van der Waals surface area contributed by atoms with E-state index in [-0.39, 0.29) is 18.1 Å². The molecule has 22 heavy (non-hydrogen) atoms. The van der Waals surface area contributed by atoms with E-state index in [0.29, 0.717) is 5.75 Å². The van der Waals surface area contributed by atoms with Crippen LogP contribution in [-0.2, 0) is 9.09 Å². The van der Waals surface area contributed by atoms with E-state index >= 15 is 0 Å². The lowest BCUT2D eigenvalue weighted by molar-refractivity contribution is 0.204. The van der Waals surface area contributed by atoms with Gasteiger partial charge in [-0.25, -0.2) is 4.57 Å². The average molecular weight is 322 g/mol. The Balaban J connectivity index is 2.17. The number of hydrogen-bond donors (Lipinski definition) is 1. The zero-order valence-electron chi connectivity index (χ0n) is 12.3. The molecule has 0 spiro atoms. The summed E-state index contributed by atoms with van der Waals surface area (Å²) in [6, 6.07) is 14.9. The van der Waals surface area contributed by atoms with Gasteiger partial charge in [0, 0.05) is 0 Å². The van der Waals surface area contributed by atoms with Crippen molar-refractivity contribution in [3.63, 3.8) is 0 Å². The number of hydrogen-bond acceptors (Lipinski definition) is 5. The summed E-state index contributed by atoms with van der Waals surface area (Å²) in [5, 5.41) is 9.75. The van der Waals surface area contributed by atoms with Crippen LogP contribution in [0.25, 0.3) is 0 Å². The lowest BCUT2D eigenvalue weighted by Gasteiger charge is -2.19. The number of phenols is 1. The molecule has 2 rings (SSSR count). The van der Waals surface area contributed by atoms with E-state index in [1.807, 2.05) is 13.0 Å². The Morgan fingerprint density at radius 2 is 1.68 bits per heavy atom. The Morgan fingerprint density at radius 1 is 1.00 bits per heavy atom. The number of unbranched alkanes of at least 4 members (excludes halogenated alkanes) is 1. The normalized spacial score (nSPS) is 13.3. The molecule has 0 amide bonds. The van der Waals surface area contributed by atoms with Gasteiger partial charge in [0.15, 0.2) is 11.5 Å². The van der Waals surface area contributed by atoms with Crippen molar-refractivity contribution >= 4 is 7.82 Å². The van der Waals surface area contributed by atoms with Crippen molar-refractivity contribution in [2.45, 2.75) is 19.8 Å². The van der Waals surface area contributed by atoms with Crippen molar-refractivity contribution in [1.29, 1.82) is 0 Å². The Morgan fingerprint density at radius 3 is 2.36 bits per heavy atom. The fraction of sp³-hybridized carbons (Fsp3) is 0.250. The standard InChI is InChI=1S/C16H19O5P/c1-2-3-13-19-22(18,20-14-9-5-4-6-10-14)21-16-12-8-7-11-15(16)17/h4-12,17H,2-3,13H2,1H3. The summed E-state index contributed by atoms with van der Waals surface area (Å²) in [5.41, 5.74) is 0. The van der Waals surface area contributed by atoms with E-state index in [4.69, 9.17) is 13.6 Å². The van der Waals surface area contributed by atoms with Gasteiger partial charge in [0.1, 0.15) is 5.75 Å². The highest BCUT2D eigenvalue weighted by Gasteiger charge is 2.31. The third kappa shape index (κ3) is 4.79. The smallest absolute Gasteiger partial charge is 0.504 e. The second-order valence-electron chi connectivity index (χ2n) is 4.60. The van der Waals surface area contributed by atoms with E-state index in [9.17, 15) is 9.67 Å². The predicted molar refractivity (Wildman–Crippen MR) is 84.3 cm³/mol. The minimum Gasteiger partial charge on any atom is -0.504 e. The molecule has 0 aliphatic carbocycles. The number of phenolic OH excluding ortho intramolecular Hbond substituents is 1. The van der Waals surface area contributed by atoms with Gasteiger partial charge in [0.05, 0.1) is 6.61 Å². The van der Waals surface area contributed by atoms with Crippen LogP contribution in [0.5, 0.6) is 17.2 Å². The van der Waals surface area contributed by atoms with Crippen LogP contribution in [-0.4, -0.2) is 11.7 Å². The van der Waals surface area contributed by atoms with Gasteiger partial charge in [0.2, 0.25) is 0 Å². The van der Waals surface area contributed by atoms with Crippen LogP contribution >= 0.6 is 7.82 Å². The molecule has 6 heteroatoms. The van der Waals surface area contributed by atoms with Crippen molar-refractivity contribution in [3.8, 4) is 17.2 Å². The molecular formula is C16H19O5P. The first-order chi connectivity index (χ1) is 10.6. The van der Waals surface area contributed by atoms with Gasteiger partial charge in [-0.05, 0) is 30.7 Å². The molecule has 0 radical (unpaired) electrons. The first-order valence-electron chi connectivity index (χ1n) is 7.10. The molecule has 118 valence electrons. The summed E-state index contributed by atoms with van der Waals surface area (Å²) in [7, 11) is -3.88. The number of aromatic hydroxyl groups is 1. The number of phosphoric acid groups is 1. The highest BCUT2D eigenvalue weighted by atomic mass is 31.2. The van der Waals surface area contributed by atoms with Crippen molar-refractivity contribution < 1.29 is 23.2 Å². The molecule has 1 atom stereocenters. The predicted octanol–water partition coefficient (Wildman–Crippen LogP) is 4.77. The maximum Gasteiger partial charge on any atom is 0.587 e. The molecule has 0 aromatic heterocycles. The molecule has 0 bridgehead atoms. The van der Waals surface area contributed by atoms with Crippen LogP contribution in [0, 0.1) is 0 Å². The average Bonchev–Trinajstić information content (AvgIpc) is 2.51. The van der Waals surface area contributed by atoms with E-state index in [0.717, 1.165) is 12.8 Å². The molecule has 5 nitrogen and oxygen atoms in total. The fourth-order valence-electron chi connectivity index (χ4n) is 1.66. The molecular weight excluding hydrogens is 303 g/mol. The number of rotatable bonds is 8. The minimum absolute atomic E-state index is 0.0539. The van der Waals surface area contributed by atoms with Crippen LogP contribution in [0.1, 0.15) is 19.8 Å². The van der Waals surface area contributed by atoms with E-state index in [2.05, 4.69) is 0 Å². The molecule has 0 saturated carbocycles. The van der Waals surface area contributed by atoms with Gasteiger partial charge in [-0.3, -0.25) is 4.52 Å². The van der Waals surface area contributed by atoms with Gasteiger partial charge in [0.25, 0.3) is 0 Å². The Bertz CT molecular complexity index is 629. The van der Waals surface area contributed by atoms with Gasteiger partial charge in [-0.2, -0.15) is 0 Å². The van der Waals surface area contributed by atoms with Crippen molar-refractivity contribution in [2.75, 3.05) is 6.61 Å². The van der Waals surface area contributed by atoms with Gasteiger partial charge in [-0.15, -0.1) is 0 Å². The van der Waals surface area contributed by atoms with Crippen LogP contribution in [0.4, 0.5) is 0 Å². The Hall–Kier alpha value is -1.97. The van der Waals surface area contributed by atoms with Crippen molar-refractivity contribution in [1.82, 2.24) is 0 Å². The van der Waals surface area contributed by atoms with Crippen molar-refractivity contribution in [3.05, 3.63) is 54.6 Å². The summed E-state index contributed by atoms with van der Waals surface area (Å²) in [5.74, 6) is 0.300. The molecule has 2 aromatic carbocycles. The molecule has 0 aliphatic heterocycles. The minimum atomic E-state index is -3.88. The molecule has 0 aliphatic rings. The second kappa shape index (κ2) is 7.87. The molecule has 1 N–H and O–H groups in total. The van der Waals surface area contributed by atoms with Gasteiger partial charge >= 0.3 is 7.82 Å². The van der Waals surface area contributed by atoms with Gasteiger partial charge in [-0.1, -0.05) is 43.7 Å². The highest BCUT2D eigenvalue weighted by molar-refractivity contribution is 7.49. The van der Waals surface area contributed by atoms with E-state index in [1.54, 1.807) is 36.4 Å². The SMILES string of the molecule is CCCCOP(=O)(Oc1ccccc1)Oc1ccccc1O. The van der Waals surface area contributed by atoms with Crippen LogP contribution in [0.2, 0.25) is 0 Å². The third-order valence-electron chi connectivity index (χ3n) is 2.78. The summed E-state index contributed by atoms with van der Waals surface area (Å²) in [6.45, 7) is 2.24. The van der Waals surface area contributed by atoms with Crippen molar-refractivity contribution in [2.24, 2.45) is 0 Å². The molecule has 1 unspecified atom stereocenters. The van der Waals surface area contributed by atoms with Crippen LogP contribution in [0.15, 0.2) is 54.6 Å². The lowest BCUT2D eigenvalue weighted by Crippen LogP contribution is -2.06. The topological polar surface area (TPSA) is 65.0 Å². The van der Waals surface area contributed by atoms with Crippen LogP contribution < -0.4 is 9.05 Å². The largest absolute Gasteiger partial charge is 0.587 e. The Kier molecular flexibility index (Phi) is 5.87. The van der Waals surface area contributed by atoms with Gasteiger partial charge < -0.3 is 14.2 Å². The Labute approximate surface area is 130 Å². The zero-order chi connectivity index (χ0) is 15.8.